The van der Waals surface area contributed by atoms with Gasteiger partial charge in [0.15, 0.2) is 6.10 Å². The predicted octanol–water partition coefficient (Wildman–Crippen LogP) is 1.33. The number of carbonyl (C=O) groups is 2. The molecule has 1 aromatic carbocycles. The average molecular weight is 299 g/mol. The summed E-state index contributed by atoms with van der Waals surface area (Å²) in [7, 11) is 0. The average Bonchev–Trinajstić information content (AvgIpc) is 2.46. The van der Waals surface area contributed by atoms with Crippen LogP contribution in [0.25, 0.3) is 0 Å². The van der Waals surface area contributed by atoms with Crippen LogP contribution in [0.3, 0.4) is 0 Å². The summed E-state index contributed by atoms with van der Waals surface area (Å²) in [4.78, 5) is 24.2. The number of nitrogens with one attached hydrogen (secondary N) is 1. The number of morpholine rings is 1. The first kappa shape index (κ1) is 14.6. The first-order valence-corrected chi connectivity index (χ1v) is 6.56. The first-order chi connectivity index (χ1) is 9.58. The smallest absolute Gasteiger partial charge is 0.334 e. The number of hydrogen-bond acceptors (Lipinski definition) is 3. The van der Waals surface area contributed by atoms with Crippen molar-refractivity contribution >= 4 is 23.6 Å². The van der Waals surface area contributed by atoms with Gasteiger partial charge in [-0.1, -0.05) is 29.8 Å². The molecule has 108 valence electrons. The van der Waals surface area contributed by atoms with Crippen LogP contribution >= 0.6 is 11.6 Å². The number of amides is 2. The Bertz CT molecular complexity index is 509. The number of hydrogen-bond donors (Lipinski definition) is 2. The SMILES string of the molecule is O=C(O)C1CN(C(=O)NCc2ccccc2Cl)CCO1. The molecule has 1 unspecified atom stereocenters. The molecular formula is C13H15ClN2O4. The Kier molecular flexibility index (Phi) is 4.81. The number of nitrogens with zero attached hydrogens (tertiary/aromatic N) is 1. The molecule has 0 saturated carbocycles. The topological polar surface area (TPSA) is 78.9 Å². The summed E-state index contributed by atoms with van der Waals surface area (Å²) in [5.74, 6) is -1.06. The number of ether oxygens (including phenoxy) is 1. The number of carboxylic acid groups (broad SMARTS) is 1. The summed E-state index contributed by atoms with van der Waals surface area (Å²) < 4.78 is 5.06. The van der Waals surface area contributed by atoms with Crippen LogP contribution in [0.15, 0.2) is 24.3 Å². The summed E-state index contributed by atoms with van der Waals surface area (Å²) in [6.45, 7) is 0.936. The fraction of sp³-hybridized carbons (Fsp3) is 0.385. The highest BCUT2D eigenvalue weighted by Crippen LogP contribution is 2.14. The zero-order valence-corrected chi connectivity index (χ0v) is 11.5. The van der Waals surface area contributed by atoms with E-state index in [2.05, 4.69) is 5.32 Å². The second-order valence-electron chi connectivity index (χ2n) is 4.39. The normalized spacial score (nSPS) is 18.6. The molecule has 1 fully saturated rings. The summed E-state index contributed by atoms with van der Waals surface area (Å²) >= 11 is 6.00. The molecule has 0 spiro atoms. The summed E-state index contributed by atoms with van der Waals surface area (Å²) in [6.07, 6.45) is -0.963. The summed E-state index contributed by atoms with van der Waals surface area (Å²) in [5, 5.41) is 12.2. The van der Waals surface area contributed by atoms with E-state index in [0.717, 1.165) is 5.56 Å². The summed E-state index contributed by atoms with van der Waals surface area (Å²) in [5.41, 5.74) is 0.811. The van der Waals surface area contributed by atoms with Crippen molar-refractivity contribution in [2.75, 3.05) is 19.7 Å². The highest BCUT2D eigenvalue weighted by atomic mass is 35.5. The Morgan fingerprint density at radius 2 is 2.20 bits per heavy atom. The Morgan fingerprint density at radius 3 is 2.90 bits per heavy atom. The van der Waals surface area contributed by atoms with Crippen LogP contribution in [0.5, 0.6) is 0 Å². The minimum atomic E-state index is -1.06. The molecule has 2 rings (SSSR count). The standard InChI is InChI=1S/C13H15ClN2O4/c14-10-4-2-1-3-9(10)7-15-13(19)16-5-6-20-11(8-16)12(17)18/h1-4,11H,5-8H2,(H,15,19)(H,17,18). The van der Waals surface area contributed by atoms with Crippen molar-refractivity contribution in [2.24, 2.45) is 0 Å². The van der Waals surface area contributed by atoms with Crippen LogP contribution in [0.2, 0.25) is 5.02 Å². The fourth-order valence-electron chi connectivity index (χ4n) is 1.91. The largest absolute Gasteiger partial charge is 0.479 e. The van der Waals surface area contributed by atoms with E-state index in [0.29, 0.717) is 18.1 Å². The van der Waals surface area contributed by atoms with Crippen molar-refractivity contribution in [3.63, 3.8) is 0 Å². The molecular weight excluding hydrogens is 284 g/mol. The van der Waals surface area contributed by atoms with E-state index in [9.17, 15) is 9.59 Å². The van der Waals surface area contributed by atoms with Crippen LogP contribution in [-0.4, -0.2) is 47.8 Å². The van der Waals surface area contributed by atoms with Gasteiger partial charge in [0.1, 0.15) is 0 Å². The third kappa shape index (κ3) is 3.61. The van der Waals surface area contributed by atoms with Crippen LogP contribution in [0, 0.1) is 0 Å². The van der Waals surface area contributed by atoms with Crippen molar-refractivity contribution in [2.45, 2.75) is 12.6 Å². The molecule has 1 aromatic rings. The molecule has 0 radical (unpaired) electrons. The lowest BCUT2D eigenvalue weighted by Crippen LogP contribution is -2.51. The molecule has 20 heavy (non-hydrogen) atoms. The molecule has 7 heteroatoms. The van der Waals surface area contributed by atoms with Crippen molar-refractivity contribution in [1.29, 1.82) is 0 Å². The zero-order valence-electron chi connectivity index (χ0n) is 10.7. The van der Waals surface area contributed by atoms with E-state index in [1.165, 1.54) is 4.90 Å². The Labute approximate surface area is 121 Å². The van der Waals surface area contributed by atoms with E-state index in [1.54, 1.807) is 6.07 Å². The molecule has 0 bridgehead atoms. The molecule has 1 aliphatic rings. The van der Waals surface area contributed by atoms with Gasteiger partial charge in [0.25, 0.3) is 0 Å². The minimum absolute atomic E-state index is 0.0453. The molecule has 1 aliphatic heterocycles. The molecule has 6 nitrogen and oxygen atoms in total. The van der Waals surface area contributed by atoms with Crippen molar-refractivity contribution in [1.82, 2.24) is 10.2 Å². The van der Waals surface area contributed by atoms with Crippen LogP contribution in [-0.2, 0) is 16.1 Å². The van der Waals surface area contributed by atoms with E-state index in [1.807, 2.05) is 18.2 Å². The van der Waals surface area contributed by atoms with Gasteiger partial charge in [-0.25, -0.2) is 9.59 Å². The third-order valence-electron chi connectivity index (χ3n) is 3.02. The van der Waals surface area contributed by atoms with Gasteiger partial charge in [-0.2, -0.15) is 0 Å². The number of carboxylic acids is 1. The first-order valence-electron chi connectivity index (χ1n) is 6.18. The van der Waals surface area contributed by atoms with Gasteiger partial charge >= 0.3 is 12.0 Å². The third-order valence-corrected chi connectivity index (χ3v) is 3.39. The van der Waals surface area contributed by atoms with E-state index < -0.39 is 12.1 Å². The zero-order chi connectivity index (χ0) is 14.5. The number of carbonyl (C=O) groups excluding carboxylic acids is 1. The lowest BCUT2D eigenvalue weighted by molar-refractivity contribution is -0.154. The molecule has 1 saturated heterocycles. The number of urea groups is 1. The van der Waals surface area contributed by atoms with Crippen molar-refractivity contribution < 1.29 is 19.4 Å². The highest BCUT2D eigenvalue weighted by Gasteiger charge is 2.28. The van der Waals surface area contributed by atoms with E-state index >= 15 is 0 Å². The number of rotatable bonds is 3. The van der Waals surface area contributed by atoms with E-state index in [-0.39, 0.29) is 19.2 Å². The molecule has 0 aromatic heterocycles. The maximum Gasteiger partial charge on any atom is 0.334 e. The molecule has 1 atom stereocenters. The van der Waals surface area contributed by atoms with Gasteiger partial charge in [0, 0.05) is 18.1 Å². The molecule has 0 aliphatic carbocycles. The Hall–Kier alpha value is -1.79. The fourth-order valence-corrected chi connectivity index (χ4v) is 2.11. The lowest BCUT2D eigenvalue weighted by Gasteiger charge is -2.30. The van der Waals surface area contributed by atoms with Gasteiger partial charge in [0.2, 0.25) is 0 Å². The van der Waals surface area contributed by atoms with Crippen LogP contribution < -0.4 is 5.32 Å². The van der Waals surface area contributed by atoms with Crippen LogP contribution in [0.4, 0.5) is 4.79 Å². The maximum atomic E-state index is 12.0. The Morgan fingerprint density at radius 1 is 1.45 bits per heavy atom. The van der Waals surface area contributed by atoms with Gasteiger partial charge in [-0.05, 0) is 11.6 Å². The van der Waals surface area contributed by atoms with Gasteiger partial charge < -0.3 is 20.1 Å². The van der Waals surface area contributed by atoms with Crippen molar-refractivity contribution in [3.8, 4) is 0 Å². The van der Waals surface area contributed by atoms with E-state index in [4.69, 9.17) is 21.4 Å². The van der Waals surface area contributed by atoms with Gasteiger partial charge in [0.05, 0.1) is 13.2 Å². The Balaban J connectivity index is 1.89. The van der Waals surface area contributed by atoms with Crippen molar-refractivity contribution in [3.05, 3.63) is 34.9 Å². The lowest BCUT2D eigenvalue weighted by atomic mass is 10.2. The predicted molar refractivity (Wildman–Crippen MR) is 72.6 cm³/mol. The highest BCUT2D eigenvalue weighted by molar-refractivity contribution is 6.31. The number of benzene rings is 1. The maximum absolute atomic E-state index is 12.0. The quantitative estimate of drug-likeness (QED) is 0.882. The summed E-state index contributed by atoms with van der Waals surface area (Å²) in [6, 6.07) is 6.90. The van der Waals surface area contributed by atoms with Gasteiger partial charge in [-0.15, -0.1) is 0 Å². The van der Waals surface area contributed by atoms with Crippen LogP contribution in [0.1, 0.15) is 5.56 Å². The molecule has 1 heterocycles. The van der Waals surface area contributed by atoms with Gasteiger partial charge in [-0.3, -0.25) is 0 Å². The number of aliphatic carboxylic acids is 1. The second-order valence-corrected chi connectivity index (χ2v) is 4.80. The minimum Gasteiger partial charge on any atom is -0.479 e. The molecule has 2 amide bonds. The monoisotopic (exact) mass is 298 g/mol. The second kappa shape index (κ2) is 6.58. The number of halogens is 1. The molecule has 2 N–H and O–H groups in total.